The van der Waals surface area contributed by atoms with Crippen LogP contribution in [0.3, 0.4) is 0 Å². The number of fused-ring (bicyclic) bond motifs is 1. The summed E-state index contributed by atoms with van der Waals surface area (Å²) >= 11 is 0. The molecule has 0 bridgehead atoms. The molecule has 1 aliphatic carbocycles. The van der Waals surface area contributed by atoms with Gasteiger partial charge < -0.3 is 20.6 Å². The van der Waals surface area contributed by atoms with E-state index in [9.17, 15) is 9.90 Å². The number of aliphatic hydroxyl groups excluding tert-OH is 1. The van der Waals surface area contributed by atoms with Crippen LogP contribution in [0.5, 0.6) is 0 Å². The average Bonchev–Trinajstić information content (AvgIpc) is 2.55. The first-order valence-electron chi connectivity index (χ1n) is 8.67. The number of carbonyl (C=O) groups excluding carboxylic acids is 1. The largest absolute Gasteiger partial charge is 0.393 e. The molecule has 0 spiro atoms. The first-order valence-corrected chi connectivity index (χ1v) is 8.67. The van der Waals surface area contributed by atoms with Crippen LogP contribution in [-0.4, -0.2) is 36.9 Å². The second kappa shape index (κ2) is 7.21. The van der Waals surface area contributed by atoms with E-state index in [1.807, 2.05) is 0 Å². The van der Waals surface area contributed by atoms with Gasteiger partial charge in [0.25, 0.3) is 0 Å². The second-order valence-corrected chi connectivity index (χ2v) is 6.82. The Bertz CT molecular complexity index is 553. The molecule has 1 fully saturated rings. The number of nitrogens with zero attached hydrogens (tertiary/aromatic N) is 1. The molecule has 1 aromatic carbocycles. The van der Waals surface area contributed by atoms with Crippen molar-refractivity contribution in [2.24, 2.45) is 0 Å². The Hall–Kier alpha value is -1.75. The van der Waals surface area contributed by atoms with Gasteiger partial charge in [-0.05, 0) is 55.7 Å². The van der Waals surface area contributed by atoms with Gasteiger partial charge in [-0.3, -0.25) is 0 Å². The van der Waals surface area contributed by atoms with Crippen molar-refractivity contribution in [3.05, 3.63) is 29.3 Å². The van der Waals surface area contributed by atoms with E-state index in [4.69, 9.17) is 0 Å². The number of anilines is 1. The summed E-state index contributed by atoms with van der Waals surface area (Å²) in [5.41, 5.74) is 3.83. The van der Waals surface area contributed by atoms with Crippen molar-refractivity contribution < 1.29 is 9.90 Å². The number of amides is 2. The highest BCUT2D eigenvalue weighted by Gasteiger charge is 2.20. The highest BCUT2D eigenvalue weighted by atomic mass is 16.3. The van der Waals surface area contributed by atoms with Crippen molar-refractivity contribution in [2.45, 2.75) is 57.2 Å². The van der Waals surface area contributed by atoms with Gasteiger partial charge in [0.05, 0.1) is 6.10 Å². The number of hydrogen-bond acceptors (Lipinski definition) is 3. The molecule has 5 nitrogen and oxygen atoms in total. The zero-order valence-electron chi connectivity index (χ0n) is 13.8. The number of hydrogen-bond donors (Lipinski definition) is 3. The predicted molar refractivity (Wildman–Crippen MR) is 91.7 cm³/mol. The lowest BCUT2D eigenvalue weighted by Crippen LogP contribution is -2.43. The normalized spacial score (nSPS) is 24.0. The third-order valence-corrected chi connectivity index (χ3v) is 4.98. The lowest BCUT2D eigenvalue weighted by Gasteiger charge is -2.28. The third-order valence-electron chi connectivity index (χ3n) is 4.98. The van der Waals surface area contributed by atoms with Crippen LogP contribution >= 0.6 is 0 Å². The Morgan fingerprint density at radius 2 is 2.09 bits per heavy atom. The molecule has 2 amide bonds. The predicted octanol–water partition coefficient (Wildman–Crippen LogP) is 2.17. The van der Waals surface area contributed by atoms with E-state index in [0.717, 1.165) is 44.2 Å². The minimum Gasteiger partial charge on any atom is -0.393 e. The number of benzene rings is 1. The summed E-state index contributed by atoms with van der Waals surface area (Å²) in [4.78, 5) is 14.3. The summed E-state index contributed by atoms with van der Waals surface area (Å²) in [7, 11) is 2.13. The number of urea groups is 1. The Kier molecular flexibility index (Phi) is 5.06. The van der Waals surface area contributed by atoms with E-state index in [2.05, 4.69) is 40.8 Å². The van der Waals surface area contributed by atoms with Gasteiger partial charge in [0.15, 0.2) is 0 Å². The zero-order chi connectivity index (χ0) is 16.2. The van der Waals surface area contributed by atoms with Gasteiger partial charge in [0.1, 0.15) is 0 Å². The molecule has 0 atom stereocenters. The Morgan fingerprint density at radius 1 is 1.30 bits per heavy atom. The summed E-state index contributed by atoms with van der Waals surface area (Å²) in [5, 5.41) is 15.5. The lowest BCUT2D eigenvalue weighted by molar-refractivity contribution is 0.117. The summed E-state index contributed by atoms with van der Waals surface area (Å²) < 4.78 is 0. The third kappa shape index (κ3) is 4.16. The van der Waals surface area contributed by atoms with Gasteiger partial charge in [-0.25, -0.2) is 4.79 Å². The molecule has 5 heteroatoms. The van der Waals surface area contributed by atoms with Crippen molar-refractivity contribution in [1.29, 1.82) is 0 Å². The van der Waals surface area contributed by atoms with Crippen molar-refractivity contribution in [3.63, 3.8) is 0 Å². The first-order chi connectivity index (χ1) is 11.1. The van der Waals surface area contributed by atoms with Crippen LogP contribution in [0.25, 0.3) is 0 Å². The van der Waals surface area contributed by atoms with Gasteiger partial charge in [-0.1, -0.05) is 12.1 Å². The quantitative estimate of drug-likeness (QED) is 0.800. The standard InChI is InChI=1S/C18H27N3O2/c1-21-10-2-3-14-11-13(4-9-17(14)21)12-19-18(23)20-15-5-7-16(22)8-6-15/h4,9,11,15-16,22H,2-3,5-8,10,12H2,1H3,(H2,19,20,23). The van der Waals surface area contributed by atoms with Crippen LogP contribution < -0.4 is 15.5 Å². The lowest BCUT2D eigenvalue weighted by atomic mass is 9.93. The molecule has 0 unspecified atom stereocenters. The number of nitrogens with one attached hydrogen (secondary N) is 2. The fourth-order valence-corrected chi connectivity index (χ4v) is 3.59. The zero-order valence-corrected chi connectivity index (χ0v) is 13.8. The van der Waals surface area contributed by atoms with E-state index >= 15 is 0 Å². The van der Waals surface area contributed by atoms with Crippen LogP contribution in [0.4, 0.5) is 10.5 Å². The van der Waals surface area contributed by atoms with Crippen LogP contribution in [-0.2, 0) is 13.0 Å². The molecule has 2 aliphatic rings. The number of rotatable bonds is 3. The molecule has 3 N–H and O–H groups in total. The molecule has 126 valence electrons. The summed E-state index contributed by atoms with van der Waals surface area (Å²) in [5.74, 6) is 0. The molecule has 1 aliphatic heterocycles. The molecule has 0 radical (unpaired) electrons. The highest BCUT2D eigenvalue weighted by molar-refractivity contribution is 5.74. The molecule has 1 heterocycles. The summed E-state index contributed by atoms with van der Waals surface area (Å²) in [6, 6.07) is 6.54. The minimum absolute atomic E-state index is 0.110. The maximum absolute atomic E-state index is 12.0. The van der Waals surface area contributed by atoms with Gasteiger partial charge in [-0.2, -0.15) is 0 Å². The molecule has 23 heavy (non-hydrogen) atoms. The van der Waals surface area contributed by atoms with Gasteiger partial charge >= 0.3 is 6.03 Å². The fraction of sp³-hybridized carbons (Fsp3) is 0.611. The Morgan fingerprint density at radius 3 is 2.87 bits per heavy atom. The molecule has 1 aromatic rings. The van der Waals surface area contributed by atoms with E-state index in [1.54, 1.807) is 0 Å². The molecular formula is C18H27N3O2. The monoisotopic (exact) mass is 317 g/mol. The highest BCUT2D eigenvalue weighted by Crippen LogP contribution is 2.26. The first kappa shape index (κ1) is 16.1. The molecule has 1 saturated carbocycles. The van der Waals surface area contributed by atoms with Crippen molar-refractivity contribution >= 4 is 11.7 Å². The second-order valence-electron chi connectivity index (χ2n) is 6.82. The molecule has 0 saturated heterocycles. The number of aryl methyl sites for hydroxylation is 1. The molecule has 3 rings (SSSR count). The summed E-state index contributed by atoms with van der Waals surface area (Å²) in [6.45, 7) is 1.67. The van der Waals surface area contributed by atoms with E-state index in [1.165, 1.54) is 17.7 Å². The topological polar surface area (TPSA) is 64.6 Å². The maximum Gasteiger partial charge on any atom is 0.315 e. The van der Waals surface area contributed by atoms with Crippen LogP contribution in [0, 0.1) is 0 Å². The van der Waals surface area contributed by atoms with E-state index in [0.29, 0.717) is 6.54 Å². The Balaban J connectivity index is 1.49. The molecular weight excluding hydrogens is 290 g/mol. The van der Waals surface area contributed by atoms with Crippen LogP contribution in [0.1, 0.15) is 43.2 Å². The minimum atomic E-state index is -0.190. The van der Waals surface area contributed by atoms with Gasteiger partial charge in [0.2, 0.25) is 0 Å². The fourth-order valence-electron chi connectivity index (χ4n) is 3.59. The Labute approximate surface area is 138 Å². The SMILES string of the molecule is CN1CCCc2cc(CNC(=O)NC3CCC(O)CC3)ccc21. The summed E-state index contributed by atoms with van der Waals surface area (Å²) in [6.07, 6.45) is 5.40. The van der Waals surface area contributed by atoms with Crippen molar-refractivity contribution in [1.82, 2.24) is 10.6 Å². The van der Waals surface area contributed by atoms with Gasteiger partial charge in [-0.15, -0.1) is 0 Å². The molecule has 0 aromatic heterocycles. The van der Waals surface area contributed by atoms with Crippen LogP contribution in [0.2, 0.25) is 0 Å². The smallest absolute Gasteiger partial charge is 0.315 e. The van der Waals surface area contributed by atoms with Gasteiger partial charge in [0, 0.05) is 31.9 Å². The average molecular weight is 317 g/mol. The van der Waals surface area contributed by atoms with Crippen molar-refractivity contribution in [3.8, 4) is 0 Å². The maximum atomic E-state index is 12.0. The number of aliphatic hydroxyl groups is 1. The van der Waals surface area contributed by atoms with E-state index < -0.39 is 0 Å². The number of carbonyl (C=O) groups is 1. The van der Waals surface area contributed by atoms with E-state index in [-0.39, 0.29) is 18.2 Å². The van der Waals surface area contributed by atoms with Crippen molar-refractivity contribution in [2.75, 3.05) is 18.5 Å². The van der Waals surface area contributed by atoms with Crippen LogP contribution in [0.15, 0.2) is 18.2 Å².